The van der Waals surface area contributed by atoms with E-state index in [9.17, 15) is 9.59 Å². The van der Waals surface area contributed by atoms with Gasteiger partial charge in [-0.25, -0.2) is 4.79 Å². The quantitative estimate of drug-likeness (QED) is 0.608. The number of anilines is 1. The van der Waals surface area contributed by atoms with Crippen molar-refractivity contribution in [3.63, 3.8) is 0 Å². The molecule has 0 aromatic carbocycles. The van der Waals surface area contributed by atoms with Crippen molar-refractivity contribution in [1.82, 2.24) is 10.5 Å². The molecule has 3 N–H and O–H groups in total. The third-order valence-electron chi connectivity index (χ3n) is 1.09. The van der Waals surface area contributed by atoms with Crippen molar-refractivity contribution >= 4 is 17.7 Å². The van der Waals surface area contributed by atoms with Crippen molar-refractivity contribution < 1.29 is 19.2 Å². The van der Waals surface area contributed by atoms with Gasteiger partial charge in [0.05, 0.1) is 6.20 Å². The molecule has 2 amide bonds. The maximum atomic E-state index is 10.9. The second kappa shape index (κ2) is 4.10. The predicted molar refractivity (Wildman–Crippen MR) is 41.2 cm³/mol. The van der Waals surface area contributed by atoms with E-state index >= 15 is 0 Å². The summed E-state index contributed by atoms with van der Waals surface area (Å²) in [4.78, 5) is 20.9. The lowest BCUT2D eigenvalue weighted by Crippen LogP contribution is -2.32. The van der Waals surface area contributed by atoms with Crippen LogP contribution in [0.3, 0.4) is 0 Å². The Morgan fingerprint density at radius 1 is 1.62 bits per heavy atom. The molecule has 0 bridgehead atoms. The SMILES string of the molecule is O=C(O)CNC(=O)Nc1cnoc1. The van der Waals surface area contributed by atoms with Crippen LogP contribution < -0.4 is 10.6 Å². The van der Waals surface area contributed by atoms with Crippen LogP contribution in [0.2, 0.25) is 0 Å². The van der Waals surface area contributed by atoms with Gasteiger partial charge in [0.25, 0.3) is 0 Å². The molecule has 1 rings (SSSR count). The maximum absolute atomic E-state index is 10.9. The van der Waals surface area contributed by atoms with E-state index in [1.54, 1.807) is 0 Å². The molecule has 0 spiro atoms. The maximum Gasteiger partial charge on any atom is 0.323 e. The number of rotatable bonds is 3. The molecule has 0 saturated carbocycles. The Morgan fingerprint density at radius 2 is 2.38 bits per heavy atom. The van der Waals surface area contributed by atoms with Crippen molar-refractivity contribution in [1.29, 1.82) is 0 Å². The standard InChI is InChI=1S/C6H7N3O4/c10-5(11)2-7-6(12)9-4-1-8-13-3-4/h1,3H,2H2,(H,10,11)(H2,7,9,12). The Labute approximate surface area is 72.7 Å². The summed E-state index contributed by atoms with van der Waals surface area (Å²) in [7, 11) is 0. The highest BCUT2D eigenvalue weighted by molar-refractivity contribution is 5.90. The van der Waals surface area contributed by atoms with Gasteiger partial charge in [0, 0.05) is 0 Å². The zero-order valence-electron chi connectivity index (χ0n) is 6.48. The second-order valence-corrected chi connectivity index (χ2v) is 2.11. The first-order chi connectivity index (χ1) is 6.18. The average molecular weight is 185 g/mol. The predicted octanol–water partition coefficient (Wildman–Crippen LogP) is -0.119. The lowest BCUT2D eigenvalue weighted by atomic mass is 10.6. The molecule has 0 radical (unpaired) electrons. The van der Waals surface area contributed by atoms with Crippen LogP contribution in [0.25, 0.3) is 0 Å². The number of carbonyl (C=O) groups is 2. The molecular formula is C6H7N3O4. The van der Waals surface area contributed by atoms with Gasteiger partial charge in [0.1, 0.15) is 18.5 Å². The molecular weight excluding hydrogens is 178 g/mol. The minimum Gasteiger partial charge on any atom is -0.480 e. The molecule has 0 saturated heterocycles. The van der Waals surface area contributed by atoms with E-state index in [1.165, 1.54) is 12.5 Å². The number of aliphatic carboxylic acids is 1. The number of nitrogens with one attached hydrogen (secondary N) is 2. The van der Waals surface area contributed by atoms with Crippen LogP contribution >= 0.6 is 0 Å². The zero-order valence-corrected chi connectivity index (χ0v) is 6.48. The summed E-state index contributed by atoms with van der Waals surface area (Å²) in [6.45, 7) is -0.433. The highest BCUT2D eigenvalue weighted by Crippen LogP contribution is 2.01. The van der Waals surface area contributed by atoms with Gasteiger partial charge in [-0.05, 0) is 0 Å². The fourth-order valence-corrected chi connectivity index (χ4v) is 0.598. The molecule has 0 unspecified atom stereocenters. The van der Waals surface area contributed by atoms with Gasteiger partial charge in [-0.1, -0.05) is 5.16 Å². The summed E-state index contributed by atoms with van der Waals surface area (Å²) < 4.78 is 4.43. The van der Waals surface area contributed by atoms with Crippen LogP contribution in [0.5, 0.6) is 0 Å². The van der Waals surface area contributed by atoms with E-state index in [1.807, 2.05) is 0 Å². The molecule has 0 aliphatic carbocycles. The van der Waals surface area contributed by atoms with Crippen molar-refractivity contribution in [3.05, 3.63) is 12.5 Å². The van der Waals surface area contributed by atoms with Crippen LogP contribution in [0.15, 0.2) is 17.0 Å². The van der Waals surface area contributed by atoms with E-state index in [-0.39, 0.29) is 0 Å². The first kappa shape index (κ1) is 9.04. The molecule has 0 aliphatic heterocycles. The molecule has 0 fully saturated rings. The summed E-state index contributed by atoms with van der Waals surface area (Å²) >= 11 is 0. The summed E-state index contributed by atoms with van der Waals surface area (Å²) in [6.07, 6.45) is 2.51. The Balaban J connectivity index is 2.30. The largest absolute Gasteiger partial charge is 0.480 e. The van der Waals surface area contributed by atoms with Gasteiger partial charge < -0.3 is 20.3 Å². The van der Waals surface area contributed by atoms with Crippen LogP contribution in [-0.2, 0) is 4.79 Å². The first-order valence-corrected chi connectivity index (χ1v) is 3.34. The number of carboxylic acid groups (broad SMARTS) is 1. The minimum atomic E-state index is -1.11. The molecule has 70 valence electrons. The first-order valence-electron chi connectivity index (χ1n) is 3.34. The number of carbonyl (C=O) groups excluding carboxylic acids is 1. The zero-order chi connectivity index (χ0) is 9.68. The third-order valence-corrected chi connectivity index (χ3v) is 1.09. The van der Waals surface area contributed by atoms with Crippen LogP contribution in [0.4, 0.5) is 10.5 Å². The molecule has 7 nitrogen and oxygen atoms in total. The summed E-state index contributed by atoms with van der Waals surface area (Å²) in [5.41, 5.74) is 0.364. The smallest absolute Gasteiger partial charge is 0.323 e. The number of urea groups is 1. The Hall–Kier alpha value is -2.05. The number of hydrogen-bond acceptors (Lipinski definition) is 4. The number of nitrogens with zero attached hydrogens (tertiary/aromatic N) is 1. The average Bonchev–Trinajstić information content (AvgIpc) is 2.53. The summed E-state index contributed by atoms with van der Waals surface area (Å²) in [5, 5.41) is 16.0. The Bertz CT molecular complexity index is 295. The monoisotopic (exact) mass is 185 g/mol. The third kappa shape index (κ3) is 3.23. The van der Waals surface area contributed by atoms with Gasteiger partial charge in [-0.2, -0.15) is 0 Å². The Kier molecular flexibility index (Phi) is 2.85. The molecule has 0 aliphatic rings. The van der Waals surface area contributed by atoms with E-state index in [0.717, 1.165) is 0 Å². The summed E-state index contributed by atoms with van der Waals surface area (Å²) in [6, 6.07) is -0.620. The Morgan fingerprint density at radius 3 is 2.92 bits per heavy atom. The molecule has 7 heteroatoms. The van der Waals surface area contributed by atoms with E-state index in [4.69, 9.17) is 5.11 Å². The van der Waals surface area contributed by atoms with Crippen LogP contribution in [0.1, 0.15) is 0 Å². The number of carboxylic acids is 1. The lowest BCUT2D eigenvalue weighted by molar-refractivity contribution is -0.135. The van der Waals surface area contributed by atoms with E-state index in [2.05, 4.69) is 20.3 Å². The van der Waals surface area contributed by atoms with Crippen LogP contribution in [0, 0.1) is 0 Å². The van der Waals surface area contributed by atoms with Crippen molar-refractivity contribution in [2.75, 3.05) is 11.9 Å². The van der Waals surface area contributed by atoms with Gasteiger partial charge >= 0.3 is 12.0 Å². The fraction of sp³-hybridized carbons (Fsp3) is 0.167. The fourth-order valence-electron chi connectivity index (χ4n) is 0.598. The second-order valence-electron chi connectivity index (χ2n) is 2.11. The normalized spacial score (nSPS) is 9.23. The molecule has 1 heterocycles. The topological polar surface area (TPSA) is 104 Å². The van der Waals surface area contributed by atoms with Crippen molar-refractivity contribution in [2.24, 2.45) is 0 Å². The van der Waals surface area contributed by atoms with Gasteiger partial charge in [-0.3, -0.25) is 4.79 Å². The van der Waals surface area contributed by atoms with Crippen molar-refractivity contribution in [2.45, 2.75) is 0 Å². The van der Waals surface area contributed by atoms with Gasteiger partial charge in [0.2, 0.25) is 0 Å². The number of hydrogen-bond donors (Lipinski definition) is 3. The van der Waals surface area contributed by atoms with Gasteiger partial charge in [-0.15, -0.1) is 0 Å². The molecule has 1 aromatic heterocycles. The molecule has 13 heavy (non-hydrogen) atoms. The number of amides is 2. The lowest BCUT2D eigenvalue weighted by Gasteiger charge is -2.01. The summed E-state index contributed by atoms with van der Waals surface area (Å²) in [5.74, 6) is -1.11. The van der Waals surface area contributed by atoms with Crippen molar-refractivity contribution in [3.8, 4) is 0 Å². The van der Waals surface area contributed by atoms with Crippen LogP contribution in [-0.4, -0.2) is 28.8 Å². The molecule has 0 atom stereocenters. The highest BCUT2D eigenvalue weighted by atomic mass is 16.5. The highest BCUT2D eigenvalue weighted by Gasteiger charge is 2.04. The van der Waals surface area contributed by atoms with E-state index < -0.39 is 18.5 Å². The van der Waals surface area contributed by atoms with Gasteiger partial charge in [0.15, 0.2) is 0 Å². The van der Waals surface area contributed by atoms with E-state index in [0.29, 0.717) is 5.69 Å². The number of aromatic nitrogens is 1. The minimum absolute atomic E-state index is 0.364. The molecule has 1 aromatic rings.